The van der Waals surface area contributed by atoms with Gasteiger partial charge in [-0.3, -0.25) is 9.48 Å². The molecule has 104 valence electrons. The second-order valence-corrected chi connectivity index (χ2v) is 4.39. The number of hydrogen-bond donors (Lipinski definition) is 2. The molecular weight excluding hydrogens is 284 g/mol. The number of aryl methyl sites for hydroxylation is 1. The van der Waals surface area contributed by atoms with Crippen molar-refractivity contribution < 1.29 is 14.7 Å². The number of nitrogens with zero attached hydrogens (tertiary/aromatic N) is 3. The lowest BCUT2D eigenvalue weighted by Gasteiger charge is -2.09. The van der Waals surface area contributed by atoms with Crippen LogP contribution in [0.3, 0.4) is 0 Å². The van der Waals surface area contributed by atoms with Gasteiger partial charge in [0, 0.05) is 11.4 Å². The Hall–Kier alpha value is -2.41. The molecule has 0 saturated carbocycles. The topological polar surface area (TPSA) is 97.1 Å². The summed E-state index contributed by atoms with van der Waals surface area (Å²) in [7, 11) is 0. The molecule has 0 unspecified atom stereocenters. The van der Waals surface area contributed by atoms with Crippen LogP contribution in [0.1, 0.15) is 16.8 Å². The van der Waals surface area contributed by atoms with Crippen LogP contribution in [0, 0.1) is 0 Å². The minimum atomic E-state index is -1.13. The number of halogens is 1. The average Bonchev–Trinajstić information content (AvgIpc) is 2.89. The number of aromatic carboxylic acids is 1. The molecule has 0 aliphatic carbocycles. The van der Waals surface area contributed by atoms with Crippen LogP contribution in [0.15, 0.2) is 30.9 Å². The minimum Gasteiger partial charge on any atom is -0.478 e. The average molecular weight is 295 g/mol. The van der Waals surface area contributed by atoms with E-state index < -0.39 is 5.97 Å². The summed E-state index contributed by atoms with van der Waals surface area (Å²) in [6.07, 6.45) is 3.02. The molecule has 1 heterocycles. The second-order valence-electron chi connectivity index (χ2n) is 3.95. The van der Waals surface area contributed by atoms with Gasteiger partial charge in [0.15, 0.2) is 0 Å². The molecule has 0 aliphatic heterocycles. The van der Waals surface area contributed by atoms with Gasteiger partial charge in [-0.2, -0.15) is 5.10 Å². The van der Waals surface area contributed by atoms with Crippen LogP contribution in [0.4, 0.5) is 5.69 Å². The summed E-state index contributed by atoms with van der Waals surface area (Å²) < 4.78 is 1.51. The number of nitrogens with one attached hydrogen (secondary N) is 1. The molecule has 0 radical (unpaired) electrons. The maximum Gasteiger partial charge on any atom is 0.337 e. The maximum absolute atomic E-state index is 11.8. The van der Waals surface area contributed by atoms with E-state index in [0.29, 0.717) is 11.6 Å². The Morgan fingerprint density at radius 3 is 2.85 bits per heavy atom. The van der Waals surface area contributed by atoms with Gasteiger partial charge in [0.05, 0.1) is 17.8 Å². The fraction of sp³-hybridized carbons (Fsp3) is 0.167. The smallest absolute Gasteiger partial charge is 0.337 e. The van der Waals surface area contributed by atoms with Gasteiger partial charge in [0.2, 0.25) is 5.91 Å². The molecular formula is C12H11ClN4O3. The maximum atomic E-state index is 11.8. The van der Waals surface area contributed by atoms with Gasteiger partial charge in [0.1, 0.15) is 12.7 Å². The normalized spacial score (nSPS) is 10.2. The third-order valence-electron chi connectivity index (χ3n) is 2.52. The van der Waals surface area contributed by atoms with E-state index in [4.69, 9.17) is 16.7 Å². The van der Waals surface area contributed by atoms with Crippen LogP contribution in [-0.4, -0.2) is 31.7 Å². The lowest BCUT2D eigenvalue weighted by molar-refractivity contribution is -0.116. The van der Waals surface area contributed by atoms with E-state index in [1.807, 2.05) is 0 Å². The van der Waals surface area contributed by atoms with Crippen molar-refractivity contribution in [3.63, 3.8) is 0 Å². The van der Waals surface area contributed by atoms with E-state index >= 15 is 0 Å². The first kappa shape index (κ1) is 14.0. The molecule has 0 aliphatic rings. The van der Waals surface area contributed by atoms with Crippen molar-refractivity contribution in [3.05, 3.63) is 41.4 Å². The highest BCUT2D eigenvalue weighted by atomic mass is 35.5. The second kappa shape index (κ2) is 6.16. The molecule has 0 atom stereocenters. The highest BCUT2D eigenvalue weighted by Gasteiger charge is 2.13. The molecule has 0 fully saturated rings. The number of anilines is 1. The Balaban J connectivity index is 2.03. The number of carbonyl (C=O) groups excluding carboxylic acids is 1. The van der Waals surface area contributed by atoms with Gasteiger partial charge in [0.25, 0.3) is 0 Å². The molecule has 0 spiro atoms. The Morgan fingerprint density at radius 2 is 2.20 bits per heavy atom. The number of carboxylic acids is 1. The number of hydrogen-bond acceptors (Lipinski definition) is 4. The zero-order chi connectivity index (χ0) is 14.5. The molecule has 8 heteroatoms. The summed E-state index contributed by atoms with van der Waals surface area (Å²) in [4.78, 5) is 26.6. The van der Waals surface area contributed by atoms with Gasteiger partial charge in [-0.1, -0.05) is 11.6 Å². The highest BCUT2D eigenvalue weighted by molar-refractivity contribution is 6.31. The van der Waals surface area contributed by atoms with Gasteiger partial charge in [-0.05, 0) is 18.2 Å². The summed E-state index contributed by atoms with van der Waals surface area (Å²) in [6, 6.07) is 4.20. The minimum absolute atomic E-state index is 0.0106. The summed E-state index contributed by atoms with van der Waals surface area (Å²) in [5.74, 6) is -1.46. The van der Waals surface area contributed by atoms with Crippen LogP contribution < -0.4 is 5.32 Å². The lowest BCUT2D eigenvalue weighted by Crippen LogP contribution is -2.16. The SMILES string of the molecule is O=C(CCn1cncn1)Nc1cc(Cl)ccc1C(=O)O. The third kappa shape index (κ3) is 3.55. The van der Waals surface area contributed by atoms with Crippen molar-refractivity contribution in [1.29, 1.82) is 0 Å². The van der Waals surface area contributed by atoms with Crippen LogP contribution in [-0.2, 0) is 11.3 Å². The molecule has 1 aromatic heterocycles. The van der Waals surface area contributed by atoms with E-state index in [0.717, 1.165) is 0 Å². The molecule has 2 N–H and O–H groups in total. The number of carbonyl (C=O) groups is 2. The fourth-order valence-corrected chi connectivity index (χ4v) is 1.76. The Kier molecular flexibility index (Phi) is 4.31. The van der Waals surface area contributed by atoms with Crippen molar-refractivity contribution in [2.75, 3.05) is 5.32 Å². The molecule has 1 aromatic carbocycles. The largest absolute Gasteiger partial charge is 0.478 e. The summed E-state index contributed by atoms with van der Waals surface area (Å²) in [5.41, 5.74) is 0.164. The van der Waals surface area contributed by atoms with Gasteiger partial charge >= 0.3 is 5.97 Å². The van der Waals surface area contributed by atoms with Crippen molar-refractivity contribution in [2.24, 2.45) is 0 Å². The van der Waals surface area contributed by atoms with Gasteiger partial charge in [-0.25, -0.2) is 9.78 Å². The Morgan fingerprint density at radius 1 is 1.40 bits per heavy atom. The first-order chi connectivity index (χ1) is 9.56. The van der Waals surface area contributed by atoms with Crippen molar-refractivity contribution >= 4 is 29.2 Å². The molecule has 1 amide bonds. The quantitative estimate of drug-likeness (QED) is 0.874. The predicted octanol–water partition coefficient (Wildman–Crippen LogP) is 1.66. The zero-order valence-electron chi connectivity index (χ0n) is 10.3. The summed E-state index contributed by atoms with van der Waals surface area (Å²) >= 11 is 5.80. The summed E-state index contributed by atoms with van der Waals surface area (Å²) in [6.45, 7) is 0.356. The zero-order valence-corrected chi connectivity index (χ0v) is 11.0. The molecule has 7 nitrogen and oxygen atoms in total. The summed E-state index contributed by atoms with van der Waals surface area (Å²) in [5, 5.41) is 15.8. The van der Waals surface area contributed by atoms with Gasteiger partial charge < -0.3 is 10.4 Å². The van der Waals surface area contributed by atoms with E-state index in [2.05, 4.69) is 15.4 Å². The van der Waals surface area contributed by atoms with Crippen LogP contribution in [0.25, 0.3) is 0 Å². The monoisotopic (exact) mass is 294 g/mol. The first-order valence-corrected chi connectivity index (χ1v) is 6.09. The van der Waals surface area contributed by atoms with E-state index in [1.54, 1.807) is 0 Å². The molecule has 2 aromatic rings. The molecule has 0 bridgehead atoms. The van der Waals surface area contributed by atoms with Gasteiger partial charge in [-0.15, -0.1) is 0 Å². The fourth-order valence-electron chi connectivity index (χ4n) is 1.58. The number of benzene rings is 1. The number of rotatable bonds is 5. The van der Waals surface area contributed by atoms with Crippen molar-refractivity contribution in [1.82, 2.24) is 14.8 Å². The van der Waals surface area contributed by atoms with E-state index in [9.17, 15) is 9.59 Å². The Bertz CT molecular complexity index is 628. The number of aromatic nitrogens is 3. The van der Waals surface area contributed by atoms with E-state index in [1.165, 1.54) is 35.5 Å². The third-order valence-corrected chi connectivity index (χ3v) is 2.76. The molecule has 0 saturated heterocycles. The number of amides is 1. The van der Waals surface area contributed by atoms with Crippen LogP contribution >= 0.6 is 11.6 Å². The first-order valence-electron chi connectivity index (χ1n) is 5.71. The number of carboxylic acid groups (broad SMARTS) is 1. The van der Waals surface area contributed by atoms with Crippen molar-refractivity contribution in [2.45, 2.75) is 13.0 Å². The van der Waals surface area contributed by atoms with Crippen molar-refractivity contribution in [3.8, 4) is 0 Å². The van der Waals surface area contributed by atoms with Crippen LogP contribution in [0.2, 0.25) is 5.02 Å². The predicted molar refractivity (Wildman–Crippen MR) is 71.7 cm³/mol. The van der Waals surface area contributed by atoms with E-state index in [-0.39, 0.29) is 23.6 Å². The molecule has 20 heavy (non-hydrogen) atoms. The van der Waals surface area contributed by atoms with Crippen LogP contribution in [0.5, 0.6) is 0 Å². The standard InChI is InChI=1S/C12H11ClN4O3/c13-8-1-2-9(12(19)20)10(5-8)16-11(18)3-4-17-7-14-6-15-17/h1-2,5-7H,3-4H2,(H,16,18)(H,19,20). The highest BCUT2D eigenvalue weighted by Crippen LogP contribution is 2.21. The Labute approximate surface area is 119 Å². The lowest BCUT2D eigenvalue weighted by atomic mass is 10.1. The molecule has 2 rings (SSSR count).